The van der Waals surface area contributed by atoms with Crippen LogP contribution in [0, 0.1) is 0 Å². The van der Waals surface area contributed by atoms with E-state index in [2.05, 4.69) is 25.7 Å². The standard InChI is InChI=1S/C9H20N2/c1-9(2,3)11-6-4-8(10)5-7-11/h8H,4-7,10H2,1-3H3. The molecule has 0 atom stereocenters. The Kier molecular flexibility index (Phi) is 2.55. The molecule has 0 amide bonds. The summed E-state index contributed by atoms with van der Waals surface area (Å²) in [4.78, 5) is 2.51. The highest BCUT2D eigenvalue weighted by molar-refractivity contribution is 4.82. The molecule has 1 rings (SSSR count). The number of nitrogens with two attached hydrogens (primary N) is 1. The van der Waals surface area contributed by atoms with E-state index in [-0.39, 0.29) is 0 Å². The van der Waals surface area contributed by atoms with E-state index in [0.717, 1.165) is 12.8 Å². The Labute approximate surface area is 69.8 Å². The number of nitrogens with zero attached hydrogens (tertiary/aromatic N) is 1. The Morgan fingerprint density at radius 1 is 1.18 bits per heavy atom. The topological polar surface area (TPSA) is 29.3 Å². The lowest BCUT2D eigenvalue weighted by Crippen LogP contribution is -2.48. The van der Waals surface area contributed by atoms with Crippen molar-refractivity contribution >= 4 is 0 Å². The summed E-state index contributed by atoms with van der Waals surface area (Å²) in [5.74, 6) is 0. The van der Waals surface area contributed by atoms with Crippen LogP contribution in [-0.2, 0) is 0 Å². The molecule has 1 fully saturated rings. The van der Waals surface area contributed by atoms with Crippen molar-refractivity contribution in [2.45, 2.75) is 45.2 Å². The average molecular weight is 156 g/mol. The molecule has 0 bridgehead atoms. The van der Waals surface area contributed by atoms with Crippen LogP contribution in [0.2, 0.25) is 0 Å². The van der Waals surface area contributed by atoms with Gasteiger partial charge in [0.05, 0.1) is 0 Å². The number of piperidine rings is 1. The minimum atomic E-state index is 0.333. The summed E-state index contributed by atoms with van der Waals surface area (Å²) >= 11 is 0. The van der Waals surface area contributed by atoms with Gasteiger partial charge in [-0.05, 0) is 33.6 Å². The summed E-state index contributed by atoms with van der Waals surface area (Å²) in [6.07, 6.45) is 2.33. The van der Waals surface area contributed by atoms with Gasteiger partial charge in [0, 0.05) is 24.7 Å². The van der Waals surface area contributed by atoms with E-state index in [0.29, 0.717) is 11.6 Å². The maximum atomic E-state index is 5.81. The Balaban J connectivity index is 2.39. The zero-order chi connectivity index (χ0) is 8.48. The second-order valence-corrected chi connectivity index (χ2v) is 4.50. The maximum absolute atomic E-state index is 5.81. The van der Waals surface area contributed by atoms with Gasteiger partial charge in [0.1, 0.15) is 0 Å². The van der Waals surface area contributed by atoms with Crippen LogP contribution in [0.25, 0.3) is 0 Å². The van der Waals surface area contributed by atoms with Crippen LogP contribution >= 0.6 is 0 Å². The summed E-state index contributed by atoms with van der Waals surface area (Å²) in [7, 11) is 0. The van der Waals surface area contributed by atoms with Crippen molar-refractivity contribution < 1.29 is 0 Å². The second-order valence-electron chi connectivity index (χ2n) is 4.50. The fourth-order valence-electron chi connectivity index (χ4n) is 1.57. The predicted molar refractivity (Wildman–Crippen MR) is 48.5 cm³/mol. The lowest BCUT2D eigenvalue weighted by Gasteiger charge is -2.40. The predicted octanol–water partition coefficient (Wildman–Crippen LogP) is 1.21. The van der Waals surface area contributed by atoms with Gasteiger partial charge in [-0.15, -0.1) is 0 Å². The largest absolute Gasteiger partial charge is 0.328 e. The lowest BCUT2D eigenvalue weighted by molar-refractivity contribution is 0.103. The Hall–Kier alpha value is -0.0800. The van der Waals surface area contributed by atoms with Gasteiger partial charge in [-0.25, -0.2) is 0 Å². The molecule has 0 radical (unpaired) electrons. The van der Waals surface area contributed by atoms with Gasteiger partial charge < -0.3 is 5.73 Å². The molecule has 0 aromatic rings. The van der Waals surface area contributed by atoms with Crippen molar-refractivity contribution in [2.24, 2.45) is 5.73 Å². The Morgan fingerprint density at radius 2 is 1.64 bits per heavy atom. The van der Waals surface area contributed by atoms with E-state index in [1.165, 1.54) is 13.1 Å². The number of hydrogen-bond donors (Lipinski definition) is 1. The first kappa shape index (κ1) is 9.01. The number of likely N-dealkylation sites (tertiary alicyclic amines) is 1. The summed E-state index contributed by atoms with van der Waals surface area (Å²) < 4.78 is 0. The van der Waals surface area contributed by atoms with E-state index < -0.39 is 0 Å². The Bertz CT molecular complexity index is 118. The first-order chi connectivity index (χ1) is 5.00. The van der Waals surface area contributed by atoms with E-state index in [1.54, 1.807) is 0 Å². The van der Waals surface area contributed by atoms with Crippen LogP contribution in [-0.4, -0.2) is 29.6 Å². The van der Waals surface area contributed by atoms with Crippen molar-refractivity contribution in [3.63, 3.8) is 0 Å². The molecular weight excluding hydrogens is 136 g/mol. The van der Waals surface area contributed by atoms with Gasteiger partial charge in [-0.1, -0.05) is 0 Å². The average Bonchev–Trinajstić information content (AvgIpc) is 1.86. The molecule has 0 aliphatic carbocycles. The summed E-state index contributed by atoms with van der Waals surface area (Å²) in [6.45, 7) is 9.15. The SMILES string of the molecule is CC(C)(C)N1CCC(N)CC1. The molecule has 1 aliphatic rings. The zero-order valence-electron chi connectivity index (χ0n) is 7.93. The van der Waals surface area contributed by atoms with Gasteiger partial charge in [0.25, 0.3) is 0 Å². The lowest BCUT2D eigenvalue weighted by atomic mass is 9.99. The number of rotatable bonds is 0. The van der Waals surface area contributed by atoms with Crippen LogP contribution in [0.4, 0.5) is 0 Å². The highest BCUT2D eigenvalue weighted by Crippen LogP contribution is 2.18. The molecule has 2 N–H and O–H groups in total. The molecule has 0 aromatic heterocycles. The molecule has 0 aromatic carbocycles. The van der Waals surface area contributed by atoms with Gasteiger partial charge in [-0.3, -0.25) is 4.90 Å². The van der Waals surface area contributed by atoms with Gasteiger partial charge in [0.15, 0.2) is 0 Å². The molecule has 66 valence electrons. The van der Waals surface area contributed by atoms with Crippen molar-refractivity contribution in [1.82, 2.24) is 4.90 Å². The van der Waals surface area contributed by atoms with Crippen molar-refractivity contribution in [3.05, 3.63) is 0 Å². The molecule has 1 aliphatic heterocycles. The molecule has 2 nitrogen and oxygen atoms in total. The van der Waals surface area contributed by atoms with Crippen LogP contribution < -0.4 is 5.73 Å². The fourth-order valence-corrected chi connectivity index (χ4v) is 1.57. The summed E-state index contributed by atoms with van der Waals surface area (Å²) in [5.41, 5.74) is 6.15. The third-order valence-electron chi connectivity index (χ3n) is 2.49. The minimum Gasteiger partial charge on any atom is -0.328 e. The highest BCUT2D eigenvalue weighted by Gasteiger charge is 2.24. The smallest absolute Gasteiger partial charge is 0.0125 e. The van der Waals surface area contributed by atoms with Crippen LogP contribution in [0.1, 0.15) is 33.6 Å². The van der Waals surface area contributed by atoms with E-state index in [9.17, 15) is 0 Å². The molecule has 0 saturated carbocycles. The quantitative estimate of drug-likeness (QED) is 0.571. The third kappa shape index (κ3) is 2.46. The highest BCUT2D eigenvalue weighted by atomic mass is 15.2. The Morgan fingerprint density at radius 3 is 2.00 bits per heavy atom. The van der Waals surface area contributed by atoms with Crippen LogP contribution in [0.5, 0.6) is 0 Å². The van der Waals surface area contributed by atoms with E-state index >= 15 is 0 Å². The minimum absolute atomic E-state index is 0.333. The summed E-state index contributed by atoms with van der Waals surface area (Å²) in [6, 6.07) is 0.452. The molecule has 0 unspecified atom stereocenters. The molecule has 1 saturated heterocycles. The second kappa shape index (κ2) is 3.11. The molecular formula is C9H20N2. The molecule has 0 spiro atoms. The van der Waals surface area contributed by atoms with Gasteiger partial charge >= 0.3 is 0 Å². The van der Waals surface area contributed by atoms with Crippen molar-refractivity contribution in [2.75, 3.05) is 13.1 Å². The van der Waals surface area contributed by atoms with E-state index in [1.807, 2.05) is 0 Å². The molecule has 11 heavy (non-hydrogen) atoms. The third-order valence-corrected chi connectivity index (χ3v) is 2.49. The van der Waals surface area contributed by atoms with Gasteiger partial charge in [0.2, 0.25) is 0 Å². The monoisotopic (exact) mass is 156 g/mol. The van der Waals surface area contributed by atoms with Crippen LogP contribution in [0.3, 0.4) is 0 Å². The number of hydrogen-bond acceptors (Lipinski definition) is 2. The fraction of sp³-hybridized carbons (Fsp3) is 1.00. The maximum Gasteiger partial charge on any atom is 0.0125 e. The molecule has 1 heterocycles. The van der Waals surface area contributed by atoms with Crippen LogP contribution in [0.15, 0.2) is 0 Å². The van der Waals surface area contributed by atoms with Crippen molar-refractivity contribution in [3.8, 4) is 0 Å². The van der Waals surface area contributed by atoms with Crippen molar-refractivity contribution in [1.29, 1.82) is 0 Å². The first-order valence-corrected chi connectivity index (χ1v) is 4.51. The van der Waals surface area contributed by atoms with Gasteiger partial charge in [-0.2, -0.15) is 0 Å². The zero-order valence-corrected chi connectivity index (χ0v) is 7.93. The normalized spacial score (nSPS) is 24.0. The summed E-state index contributed by atoms with van der Waals surface area (Å²) in [5, 5.41) is 0. The molecule has 2 heteroatoms. The van der Waals surface area contributed by atoms with E-state index in [4.69, 9.17) is 5.73 Å². The first-order valence-electron chi connectivity index (χ1n) is 4.51.